The maximum atomic E-state index is 12.8. The fourth-order valence-corrected chi connectivity index (χ4v) is 3.48. The molecule has 1 aromatic heterocycles. The van der Waals surface area contributed by atoms with Crippen molar-refractivity contribution in [3.8, 4) is 5.69 Å². The minimum atomic E-state index is 0.00126. The molecule has 0 atom stereocenters. The molecule has 1 heterocycles. The predicted octanol–water partition coefficient (Wildman–Crippen LogP) is 3.89. The van der Waals surface area contributed by atoms with Crippen molar-refractivity contribution in [2.24, 2.45) is 0 Å². The zero-order valence-corrected chi connectivity index (χ0v) is 15.4. The van der Waals surface area contributed by atoms with Gasteiger partial charge in [-0.1, -0.05) is 54.2 Å². The summed E-state index contributed by atoms with van der Waals surface area (Å²) in [7, 11) is 0. The Morgan fingerprint density at radius 3 is 2.42 bits per heavy atom. The summed E-state index contributed by atoms with van der Waals surface area (Å²) < 4.78 is 1.96. The predicted molar refractivity (Wildman–Crippen MR) is 106 cm³/mol. The fourth-order valence-electron chi connectivity index (χ4n) is 2.60. The van der Waals surface area contributed by atoms with Crippen LogP contribution in [-0.4, -0.2) is 33.0 Å². The van der Waals surface area contributed by atoms with Gasteiger partial charge >= 0.3 is 0 Å². The van der Waals surface area contributed by atoms with Crippen LogP contribution in [0.15, 0.2) is 78.5 Å². The first-order valence-electron chi connectivity index (χ1n) is 8.27. The number of amides is 1. The van der Waals surface area contributed by atoms with Crippen molar-refractivity contribution in [1.82, 2.24) is 14.8 Å². The van der Waals surface area contributed by atoms with Crippen LogP contribution in [0, 0.1) is 6.92 Å². The van der Waals surface area contributed by atoms with E-state index in [1.54, 1.807) is 11.0 Å². The molecule has 0 aliphatic carbocycles. The van der Waals surface area contributed by atoms with E-state index in [0.717, 1.165) is 17.2 Å². The van der Waals surface area contributed by atoms with E-state index in [9.17, 15) is 4.79 Å². The number of rotatable bonds is 7. The molecule has 0 bridgehead atoms. The largest absolute Gasteiger partial charge is 0.308 e. The number of benzene rings is 2. The number of hydrogen-bond acceptors (Lipinski definition) is 4. The van der Waals surface area contributed by atoms with Crippen molar-refractivity contribution in [1.29, 1.82) is 0 Å². The Morgan fingerprint density at radius 2 is 1.77 bits per heavy atom. The van der Waals surface area contributed by atoms with E-state index in [0.29, 0.717) is 11.7 Å². The zero-order chi connectivity index (χ0) is 18.4. The molecule has 26 heavy (non-hydrogen) atoms. The highest BCUT2D eigenvalue weighted by molar-refractivity contribution is 7.99. The smallest absolute Gasteiger partial charge is 0.237 e. The lowest BCUT2D eigenvalue weighted by atomic mass is 10.3. The Kier molecular flexibility index (Phi) is 5.86. The lowest BCUT2D eigenvalue weighted by Crippen LogP contribution is -2.32. The van der Waals surface area contributed by atoms with Crippen LogP contribution < -0.4 is 4.90 Å². The summed E-state index contributed by atoms with van der Waals surface area (Å²) in [6.45, 7) is 6.13. The van der Waals surface area contributed by atoms with Crippen molar-refractivity contribution < 1.29 is 4.79 Å². The summed E-state index contributed by atoms with van der Waals surface area (Å²) >= 11 is 1.38. The molecule has 0 aliphatic rings. The van der Waals surface area contributed by atoms with Gasteiger partial charge in [0.2, 0.25) is 5.91 Å². The van der Waals surface area contributed by atoms with Gasteiger partial charge in [-0.05, 0) is 31.2 Å². The summed E-state index contributed by atoms with van der Waals surface area (Å²) in [5, 5.41) is 9.09. The van der Waals surface area contributed by atoms with Gasteiger partial charge in [-0.2, -0.15) is 0 Å². The van der Waals surface area contributed by atoms with E-state index in [2.05, 4.69) is 16.8 Å². The quantitative estimate of drug-likeness (QED) is 0.471. The molecule has 0 radical (unpaired) electrons. The molecular formula is C20H20N4OS. The Labute approximate surface area is 157 Å². The Hall–Kier alpha value is -2.86. The first kappa shape index (κ1) is 17.9. The van der Waals surface area contributed by atoms with Crippen LogP contribution in [0.4, 0.5) is 5.69 Å². The minimum Gasteiger partial charge on any atom is -0.308 e. The van der Waals surface area contributed by atoms with Gasteiger partial charge in [-0.15, -0.1) is 16.8 Å². The highest BCUT2D eigenvalue weighted by Crippen LogP contribution is 2.23. The number of para-hydroxylation sites is 2. The topological polar surface area (TPSA) is 51.0 Å². The van der Waals surface area contributed by atoms with Crippen LogP contribution in [0.25, 0.3) is 5.69 Å². The molecular weight excluding hydrogens is 344 g/mol. The van der Waals surface area contributed by atoms with E-state index in [1.165, 1.54) is 11.8 Å². The van der Waals surface area contributed by atoms with Crippen LogP contribution in [0.2, 0.25) is 0 Å². The molecule has 3 aromatic rings. The highest BCUT2D eigenvalue weighted by atomic mass is 32.2. The molecule has 132 valence electrons. The molecule has 6 heteroatoms. The molecule has 3 rings (SSSR count). The Morgan fingerprint density at radius 1 is 1.12 bits per heavy atom. The van der Waals surface area contributed by atoms with E-state index in [4.69, 9.17) is 0 Å². The van der Waals surface area contributed by atoms with Crippen molar-refractivity contribution in [3.63, 3.8) is 0 Å². The molecule has 0 unspecified atom stereocenters. The summed E-state index contributed by atoms with van der Waals surface area (Å²) in [5.41, 5.74) is 1.84. The summed E-state index contributed by atoms with van der Waals surface area (Å²) in [6.07, 6.45) is 1.73. The van der Waals surface area contributed by atoms with Crippen LogP contribution in [0.1, 0.15) is 5.82 Å². The average Bonchev–Trinajstić information content (AvgIpc) is 3.06. The van der Waals surface area contributed by atoms with Crippen LogP contribution >= 0.6 is 11.8 Å². The fraction of sp³-hybridized carbons (Fsp3) is 0.150. The molecule has 0 aliphatic heterocycles. The monoisotopic (exact) mass is 364 g/mol. The summed E-state index contributed by atoms with van der Waals surface area (Å²) in [5.74, 6) is 1.06. The van der Waals surface area contributed by atoms with Crippen LogP contribution in [0.5, 0.6) is 0 Å². The number of carbonyl (C=O) groups is 1. The molecule has 5 nitrogen and oxygen atoms in total. The third-order valence-corrected chi connectivity index (χ3v) is 4.73. The van der Waals surface area contributed by atoms with Gasteiger partial charge in [-0.25, -0.2) is 0 Å². The lowest BCUT2D eigenvalue weighted by molar-refractivity contribution is -0.116. The number of aryl methyl sites for hydroxylation is 1. The molecule has 0 saturated heterocycles. The first-order valence-corrected chi connectivity index (χ1v) is 9.26. The van der Waals surface area contributed by atoms with Gasteiger partial charge < -0.3 is 4.90 Å². The maximum Gasteiger partial charge on any atom is 0.237 e. The van der Waals surface area contributed by atoms with Gasteiger partial charge in [0.25, 0.3) is 0 Å². The minimum absolute atomic E-state index is 0.00126. The average molecular weight is 364 g/mol. The Balaban J connectivity index is 1.76. The molecule has 2 aromatic carbocycles. The molecule has 0 fully saturated rings. The number of aromatic nitrogens is 3. The van der Waals surface area contributed by atoms with E-state index in [-0.39, 0.29) is 11.7 Å². The van der Waals surface area contributed by atoms with Crippen LogP contribution in [0.3, 0.4) is 0 Å². The van der Waals surface area contributed by atoms with E-state index >= 15 is 0 Å². The van der Waals surface area contributed by atoms with Crippen molar-refractivity contribution in [2.75, 3.05) is 17.2 Å². The standard InChI is InChI=1S/C20H20N4OS/c1-3-14-23(17-10-6-4-7-11-17)19(25)15-26-20-22-21-16(2)24(20)18-12-8-5-9-13-18/h3-13H,1,14-15H2,2H3. The third-order valence-electron chi connectivity index (χ3n) is 3.81. The second kappa shape index (κ2) is 8.49. The lowest BCUT2D eigenvalue weighted by Gasteiger charge is -2.21. The first-order chi connectivity index (χ1) is 12.7. The third kappa shape index (κ3) is 4.03. The van der Waals surface area contributed by atoms with Gasteiger partial charge in [0.05, 0.1) is 5.75 Å². The summed E-state index contributed by atoms with van der Waals surface area (Å²) in [6, 6.07) is 19.5. The second-order valence-corrected chi connectivity index (χ2v) is 6.56. The number of thioether (sulfide) groups is 1. The van der Waals surface area contributed by atoms with Crippen LogP contribution in [-0.2, 0) is 4.79 Å². The maximum absolute atomic E-state index is 12.8. The number of nitrogens with zero attached hydrogens (tertiary/aromatic N) is 4. The number of hydrogen-bond donors (Lipinski definition) is 0. The van der Waals surface area contributed by atoms with Gasteiger partial charge in [0, 0.05) is 17.9 Å². The van der Waals surface area contributed by atoms with Gasteiger partial charge in [-0.3, -0.25) is 9.36 Å². The number of anilines is 1. The highest BCUT2D eigenvalue weighted by Gasteiger charge is 2.17. The second-order valence-electron chi connectivity index (χ2n) is 5.62. The van der Waals surface area contributed by atoms with Gasteiger partial charge in [0.1, 0.15) is 5.82 Å². The molecule has 0 spiro atoms. The molecule has 0 N–H and O–H groups in total. The van der Waals surface area contributed by atoms with Crippen molar-refractivity contribution >= 4 is 23.4 Å². The van der Waals surface area contributed by atoms with Crippen molar-refractivity contribution in [3.05, 3.63) is 79.1 Å². The molecule has 1 amide bonds. The Bertz CT molecular complexity index is 877. The summed E-state index contributed by atoms with van der Waals surface area (Å²) in [4.78, 5) is 14.5. The zero-order valence-electron chi connectivity index (χ0n) is 14.6. The number of carbonyl (C=O) groups excluding carboxylic acids is 1. The SMILES string of the molecule is C=CCN(C(=O)CSc1nnc(C)n1-c1ccccc1)c1ccccc1. The van der Waals surface area contributed by atoms with E-state index in [1.807, 2.05) is 72.2 Å². The van der Waals surface area contributed by atoms with Gasteiger partial charge in [0.15, 0.2) is 5.16 Å². The molecule has 0 saturated carbocycles. The van der Waals surface area contributed by atoms with Crippen molar-refractivity contribution in [2.45, 2.75) is 12.1 Å². The van der Waals surface area contributed by atoms with E-state index < -0.39 is 0 Å². The normalized spacial score (nSPS) is 10.5.